The molecule has 1 fully saturated rings. The average molecular weight is 643 g/mol. The van der Waals surface area contributed by atoms with Crippen molar-refractivity contribution in [2.45, 2.75) is 44.8 Å². The van der Waals surface area contributed by atoms with Crippen molar-refractivity contribution in [2.75, 3.05) is 11.9 Å². The van der Waals surface area contributed by atoms with Crippen molar-refractivity contribution in [3.05, 3.63) is 105 Å². The summed E-state index contributed by atoms with van der Waals surface area (Å²) in [7, 11) is 0. The molecule has 228 valence electrons. The molecule has 0 unspecified atom stereocenters. The number of rotatable bonds is 10. The van der Waals surface area contributed by atoms with E-state index in [4.69, 9.17) is 28.3 Å². The summed E-state index contributed by atoms with van der Waals surface area (Å²) in [6, 6.07) is 16.4. The van der Waals surface area contributed by atoms with E-state index < -0.39 is 23.6 Å². The van der Waals surface area contributed by atoms with Gasteiger partial charge in [0.15, 0.2) is 0 Å². The molecule has 0 radical (unpaired) electrons. The Morgan fingerprint density at radius 3 is 2.34 bits per heavy atom. The van der Waals surface area contributed by atoms with Gasteiger partial charge in [0, 0.05) is 41.1 Å². The Morgan fingerprint density at radius 2 is 1.73 bits per heavy atom. The van der Waals surface area contributed by atoms with Crippen molar-refractivity contribution < 1.29 is 27.9 Å². The molecule has 3 N–H and O–H groups in total. The molecular weight excluding hydrogens is 614 g/mol. The number of aromatic nitrogens is 1. The molecule has 44 heavy (non-hydrogen) atoms. The van der Waals surface area contributed by atoms with Crippen LogP contribution < -0.4 is 10.6 Å². The number of hydrogen-bond acceptors (Lipinski definition) is 4. The number of alkyl halides is 3. The number of hydrogen-bond donors (Lipinski definition) is 3. The Morgan fingerprint density at radius 1 is 0.977 bits per heavy atom. The van der Waals surface area contributed by atoms with Gasteiger partial charge in [-0.2, -0.15) is 13.2 Å². The molecule has 1 aliphatic rings. The van der Waals surface area contributed by atoms with Gasteiger partial charge in [0.25, 0.3) is 5.91 Å². The van der Waals surface area contributed by atoms with E-state index in [1.165, 1.54) is 18.3 Å². The van der Waals surface area contributed by atoms with Crippen LogP contribution in [-0.4, -0.2) is 28.5 Å². The number of carbonyl (C=O) groups excluding carboxylic acids is 1. The molecular formula is C33H28Cl2F3N3O3. The molecule has 3 aromatic carbocycles. The lowest BCUT2D eigenvalue weighted by molar-refractivity contribution is -0.138. The van der Waals surface area contributed by atoms with Gasteiger partial charge in [-0.05, 0) is 96.0 Å². The summed E-state index contributed by atoms with van der Waals surface area (Å²) in [5.74, 6) is -1.61. The van der Waals surface area contributed by atoms with Crippen molar-refractivity contribution in [3.8, 4) is 22.3 Å². The highest BCUT2D eigenvalue weighted by Gasteiger charge is 2.35. The highest BCUT2D eigenvalue weighted by Crippen LogP contribution is 2.47. The normalized spacial score (nSPS) is 13.0. The van der Waals surface area contributed by atoms with Crippen molar-refractivity contribution >= 4 is 40.8 Å². The maximum Gasteiger partial charge on any atom is 0.416 e. The zero-order chi connectivity index (χ0) is 31.6. The first kappa shape index (κ1) is 31.3. The molecule has 1 aliphatic carbocycles. The first-order valence-electron chi connectivity index (χ1n) is 13.9. The first-order valence-corrected chi connectivity index (χ1v) is 14.7. The van der Waals surface area contributed by atoms with E-state index in [0.717, 1.165) is 35.6 Å². The summed E-state index contributed by atoms with van der Waals surface area (Å²) < 4.78 is 42.0. The number of nitrogens with one attached hydrogen (secondary N) is 2. The lowest BCUT2D eigenvalue weighted by atomic mass is 9.90. The standard InChI is InChI=1S/C33H28Cl2F3N3O3/c1-18-12-22(34)5-7-24(18)25-8-6-23(15-29(25)35)40-17-28-26(19-2-3-19)13-21(33(36,37)38)14-27(28)20-4-9-30(41-16-20)32(44)39-11-10-31(42)43/h4-9,12-16,19,40H,2-3,10-11,17H2,1H3,(H,39,44)(H,42,43). The molecule has 6 nitrogen and oxygen atoms in total. The molecule has 0 spiro atoms. The van der Waals surface area contributed by atoms with Crippen LogP contribution in [0.15, 0.2) is 66.9 Å². The van der Waals surface area contributed by atoms with Crippen molar-refractivity contribution in [1.82, 2.24) is 10.3 Å². The van der Waals surface area contributed by atoms with Crippen LogP contribution >= 0.6 is 23.2 Å². The number of carbonyl (C=O) groups is 2. The van der Waals surface area contributed by atoms with E-state index in [1.54, 1.807) is 18.2 Å². The van der Waals surface area contributed by atoms with Crippen LogP contribution in [0.2, 0.25) is 10.0 Å². The van der Waals surface area contributed by atoms with E-state index in [1.807, 2.05) is 31.2 Å². The molecule has 4 aromatic rings. The minimum absolute atomic E-state index is 0.0129. The number of pyridine rings is 1. The number of anilines is 1. The number of carboxylic acid groups (broad SMARTS) is 1. The van der Waals surface area contributed by atoms with E-state index >= 15 is 0 Å². The summed E-state index contributed by atoms with van der Waals surface area (Å²) >= 11 is 12.8. The molecule has 0 aliphatic heterocycles. The highest BCUT2D eigenvalue weighted by molar-refractivity contribution is 6.34. The lowest BCUT2D eigenvalue weighted by Crippen LogP contribution is -2.26. The van der Waals surface area contributed by atoms with Gasteiger partial charge in [-0.1, -0.05) is 41.4 Å². The van der Waals surface area contributed by atoms with Gasteiger partial charge in [0.05, 0.1) is 17.0 Å². The molecule has 5 rings (SSSR count). The second-order valence-electron chi connectivity index (χ2n) is 10.7. The van der Waals surface area contributed by atoms with Gasteiger partial charge in [-0.15, -0.1) is 0 Å². The number of carboxylic acids is 1. The SMILES string of the molecule is Cc1cc(Cl)ccc1-c1ccc(NCc2c(-c3ccc(C(=O)NCCC(=O)O)nc3)cc(C(F)(F)F)cc2C2CC2)cc1Cl. The molecule has 0 atom stereocenters. The minimum Gasteiger partial charge on any atom is -0.481 e. The van der Waals surface area contributed by atoms with Crippen LogP contribution in [0.5, 0.6) is 0 Å². The molecule has 0 bridgehead atoms. The van der Waals surface area contributed by atoms with E-state index in [-0.39, 0.29) is 31.1 Å². The third-order valence-electron chi connectivity index (χ3n) is 7.48. The number of nitrogens with zero attached hydrogens (tertiary/aromatic N) is 1. The fourth-order valence-electron chi connectivity index (χ4n) is 5.10. The third kappa shape index (κ3) is 7.34. The zero-order valence-corrected chi connectivity index (χ0v) is 25.1. The lowest BCUT2D eigenvalue weighted by Gasteiger charge is -2.20. The zero-order valence-electron chi connectivity index (χ0n) is 23.6. The molecule has 1 heterocycles. The topological polar surface area (TPSA) is 91.3 Å². The van der Waals surface area contributed by atoms with Crippen molar-refractivity contribution in [1.29, 1.82) is 0 Å². The Labute approximate surface area is 262 Å². The minimum atomic E-state index is -4.55. The Kier molecular flexibility index (Phi) is 9.18. The van der Waals surface area contributed by atoms with Gasteiger partial charge in [0.1, 0.15) is 5.69 Å². The molecule has 0 saturated heterocycles. The van der Waals surface area contributed by atoms with Crippen molar-refractivity contribution in [3.63, 3.8) is 0 Å². The summed E-state index contributed by atoms with van der Waals surface area (Å²) in [4.78, 5) is 27.3. The smallest absolute Gasteiger partial charge is 0.416 e. The number of amides is 1. The van der Waals surface area contributed by atoms with E-state index in [2.05, 4.69) is 15.6 Å². The van der Waals surface area contributed by atoms with Crippen LogP contribution in [-0.2, 0) is 17.5 Å². The van der Waals surface area contributed by atoms with Gasteiger partial charge >= 0.3 is 12.1 Å². The second-order valence-corrected chi connectivity index (χ2v) is 11.5. The Hall–Kier alpha value is -4.08. The van der Waals surface area contributed by atoms with Crippen LogP contribution in [0.3, 0.4) is 0 Å². The van der Waals surface area contributed by atoms with Crippen molar-refractivity contribution in [2.24, 2.45) is 0 Å². The Balaban J connectivity index is 1.46. The predicted molar refractivity (Wildman–Crippen MR) is 165 cm³/mol. The maximum absolute atomic E-state index is 14.0. The summed E-state index contributed by atoms with van der Waals surface area (Å²) in [6.45, 7) is 2.10. The average Bonchev–Trinajstić information content (AvgIpc) is 3.81. The summed E-state index contributed by atoms with van der Waals surface area (Å²) in [5, 5.41) is 15.7. The van der Waals surface area contributed by atoms with Gasteiger partial charge in [-0.25, -0.2) is 0 Å². The monoisotopic (exact) mass is 641 g/mol. The van der Waals surface area contributed by atoms with Crippen LogP contribution in [0.4, 0.5) is 18.9 Å². The molecule has 1 amide bonds. The number of aryl methyl sites for hydroxylation is 1. The molecule has 11 heteroatoms. The van der Waals surface area contributed by atoms with Crippen LogP contribution in [0.1, 0.15) is 57.9 Å². The number of halogens is 5. The van der Waals surface area contributed by atoms with E-state index in [0.29, 0.717) is 38.0 Å². The molecule has 1 saturated carbocycles. The van der Waals surface area contributed by atoms with Gasteiger partial charge in [0.2, 0.25) is 0 Å². The Bertz CT molecular complexity index is 1720. The highest BCUT2D eigenvalue weighted by atomic mass is 35.5. The first-order chi connectivity index (χ1) is 20.9. The number of benzene rings is 3. The summed E-state index contributed by atoms with van der Waals surface area (Å²) in [6.07, 6.45) is -1.85. The summed E-state index contributed by atoms with van der Waals surface area (Å²) in [5.41, 5.74) is 4.83. The van der Waals surface area contributed by atoms with Gasteiger partial charge < -0.3 is 15.7 Å². The third-order valence-corrected chi connectivity index (χ3v) is 8.03. The molecule has 1 aromatic heterocycles. The van der Waals surface area contributed by atoms with E-state index in [9.17, 15) is 22.8 Å². The number of aliphatic carboxylic acids is 1. The second kappa shape index (κ2) is 12.9. The van der Waals surface area contributed by atoms with Crippen LogP contribution in [0.25, 0.3) is 22.3 Å². The van der Waals surface area contributed by atoms with Gasteiger partial charge in [-0.3, -0.25) is 14.6 Å². The largest absolute Gasteiger partial charge is 0.481 e. The fraction of sp³-hybridized carbons (Fsp3) is 0.242. The maximum atomic E-state index is 14.0. The fourth-order valence-corrected chi connectivity index (χ4v) is 5.60. The quantitative estimate of drug-likeness (QED) is 0.161. The van der Waals surface area contributed by atoms with Crippen LogP contribution in [0, 0.1) is 6.92 Å². The predicted octanol–water partition coefficient (Wildman–Crippen LogP) is 8.74.